The molecule has 0 spiro atoms. The highest BCUT2D eigenvalue weighted by atomic mass is 15.1. The van der Waals surface area contributed by atoms with Crippen LogP contribution in [0.25, 0.3) is 33.7 Å². The van der Waals surface area contributed by atoms with Crippen LogP contribution in [0.3, 0.4) is 0 Å². The minimum atomic E-state index is 0.0839. The van der Waals surface area contributed by atoms with Gasteiger partial charge in [0.25, 0.3) is 0 Å². The third-order valence-corrected chi connectivity index (χ3v) is 11.5. The zero-order valence-corrected chi connectivity index (χ0v) is 36.6. The Morgan fingerprint density at radius 2 is 0.690 bits per heavy atom. The van der Waals surface area contributed by atoms with E-state index in [1.807, 2.05) is 0 Å². The number of anilines is 6. The van der Waals surface area contributed by atoms with Gasteiger partial charge in [-0.05, 0) is 140 Å². The first kappa shape index (κ1) is 40.7. The summed E-state index contributed by atoms with van der Waals surface area (Å²) in [5.41, 5.74) is 12.3. The van der Waals surface area contributed by atoms with Crippen LogP contribution in [-0.2, 0) is 10.8 Å². The Balaban J connectivity index is 1.48. The molecule has 292 valence electrons. The molecule has 0 atom stereocenters. The number of unbranched alkanes of at least 4 members (excludes halogenated alkanes) is 2. The van der Waals surface area contributed by atoms with Crippen LogP contribution in [0, 0.1) is 0 Å². The van der Waals surface area contributed by atoms with Crippen LogP contribution in [-0.4, -0.2) is 15.7 Å². The Labute approximate surface area is 349 Å². The molecule has 0 saturated carbocycles. The van der Waals surface area contributed by atoms with Crippen LogP contribution >= 0.6 is 0 Å². The predicted molar refractivity (Wildman–Crippen MR) is 263 cm³/mol. The van der Waals surface area contributed by atoms with E-state index >= 15 is 0 Å². The summed E-state index contributed by atoms with van der Waals surface area (Å²) in [5.74, 6) is 0. The van der Waals surface area contributed by atoms with Gasteiger partial charge in [0.15, 0.2) is 0 Å². The molecule has 7 aromatic rings. The maximum absolute atomic E-state index is 2.50. The third-order valence-electron chi connectivity index (χ3n) is 11.5. The van der Waals surface area contributed by atoms with Crippen LogP contribution in [0.1, 0.15) is 92.2 Å². The van der Waals surface area contributed by atoms with Gasteiger partial charge in [-0.1, -0.05) is 152 Å². The normalized spacial score (nSPS) is 12.8. The maximum Gasteiger partial charge on any atom is 0.139 e. The molecule has 0 aromatic heterocycles. The lowest BCUT2D eigenvalue weighted by Crippen LogP contribution is -2.27. The fourth-order valence-electron chi connectivity index (χ4n) is 8.07. The lowest BCUT2D eigenvalue weighted by atomic mass is 9.87. The van der Waals surface area contributed by atoms with Crippen molar-refractivity contribution in [1.82, 2.24) is 0 Å². The van der Waals surface area contributed by atoms with E-state index in [0.717, 1.165) is 59.8 Å². The molecule has 58 heavy (non-hydrogen) atoms. The van der Waals surface area contributed by atoms with Crippen LogP contribution in [0.15, 0.2) is 133 Å². The van der Waals surface area contributed by atoms with Crippen molar-refractivity contribution < 1.29 is 0 Å². The zero-order valence-electron chi connectivity index (χ0n) is 36.6. The molecule has 0 N–H and O–H groups in total. The summed E-state index contributed by atoms with van der Waals surface area (Å²) < 4.78 is 0. The molecule has 0 radical (unpaired) electrons. The molecule has 0 bridgehead atoms. The minimum absolute atomic E-state index is 0.0839. The molecule has 2 nitrogen and oxygen atoms in total. The highest BCUT2D eigenvalue weighted by Crippen LogP contribution is 2.40. The molecule has 7 aromatic carbocycles. The molecule has 0 aliphatic rings. The van der Waals surface area contributed by atoms with Gasteiger partial charge in [-0.2, -0.15) is 0 Å². The summed E-state index contributed by atoms with van der Waals surface area (Å²) in [6.45, 7) is 18.2. The van der Waals surface area contributed by atoms with E-state index in [0.29, 0.717) is 0 Å². The van der Waals surface area contributed by atoms with Gasteiger partial charge >= 0.3 is 0 Å². The average molecular weight is 759 g/mol. The largest absolute Gasteiger partial charge is 0.310 e. The molecule has 7 rings (SSSR count). The highest BCUT2D eigenvalue weighted by Gasteiger charge is 2.20. The van der Waals surface area contributed by atoms with Gasteiger partial charge < -0.3 is 9.80 Å². The van der Waals surface area contributed by atoms with E-state index in [9.17, 15) is 0 Å². The van der Waals surface area contributed by atoms with E-state index in [-0.39, 0.29) is 10.8 Å². The second-order valence-corrected chi connectivity index (χ2v) is 18.2. The first-order valence-corrected chi connectivity index (χ1v) is 21.4. The fraction of sp³-hybridized carbons (Fsp3) is 0.259. The Morgan fingerprint density at radius 1 is 0.397 bits per heavy atom. The molecule has 0 aliphatic carbocycles. The van der Waals surface area contributed by atoms with Gasteiger partial charge in [0.1, 0.15) is 15.7 Å². The Kier molecular flexibility index (Phi) is 11.8. The second-order valence-electron chi connectivity index (χ2n) is 18.2. The number of nitrogens with zero attached hydrogens (tertiary/aromatic N) is 2. The van der Waals surface area contributed by atoms with Crippen LogP contribution in [0.5, 0.6) is 0 Å². The maximum atomic E-state index is 2.50. The van der Waals surface area contributed by atoms with Gasteiger partial charge in [-0.15, -0.1) is 0 Å². The molecule has 0 unspecified atom stereocenters. The Morgan fingerprint density at radius 3 is 0.983 bits per heavy atom. The molecule has 0 saturated heterocycles. The third kappa shape index (κ3) is 8.53. The van der Waals surface area contributed by atoms with Gasteiger partial charge in [0.2, 0.25) is 0 Å². The molecule has 0 amide bonds. The van der Waals surface area contributed by atoms with Gasteiger partial charge in [-0.25, -0.2) is 0 Å². The molecular formula is C54H60B2N2. The molecule has 4 heteroatoms. The highest BCUT2D eigenvalue weighted by molar-refractivity contribution is 6.32. The number of hydrogen-bond acceptors (Lipinski definition) is 2. The quantitative estimate of drug-likeness (QED) is 0.101. The fourth-order valence-corrected chi connectivity index (χ4v) is 8.07. The smallest absolute Gasteiger partial charge is 0.139 e. The average Bonchev–Trinajstić information content (AvgIpc) is 3.20. The first-order valence-electron chi connectivity index (χ1n) is 21.4. The van der Waals surface area contributed by atoms with Crippen molar-refractivity contribution >= 4 is 94.4 Å². The van der Waals surface area contributed by atoms with Crippen molar-refractivity contribution in [3.05, 3.63) is 155 Å². The van der Waals surface area contributed by atoms with Crippen molar-refractivity contribution in [2.75, 3.05) is 9.80 Å². The number of benzene rings is 7. The standard InChI is InChI=1S/C54H60B2N2/c1-9-11-13-47-48(14-12-10-2)52-36-46(58(44-29-21-40(56)22-30-44)42-25-17-38(18-26-42)54(6,7)8)32-34-50(52)49-33-31-45(35-51(47)49)57(43-27-19-39(55)20-28-43)41-23-15-37(16-24-41)53(3,4)5/h13-36H,9-12,55-56H2,1-8H3/b47-13+,48-14+. The molecule has 0 aliphatic heterocycles. The van der Waals surface area contributed by atoms with Crippen molar-refractivity contribution in [2.24, 2.45) is 0 Å². The minimum Gasteiger partial charge on any atom is -0.310 e. The summed E-state index contributed by atoms with van der Waals surface area (Å²) in [5, 5.41) is 7.82. The summed E-state index contributed by atoms with van der Waals surface area (Å²) in [6.07, 6.45) is 9.21. The lowest BCUT2D eigenvalue weighted by molar-refractivity contribution is 0.590. The predicted octanol–water partition coefficient (Wildman–Crippen LogP) is 11.2. The van der Waals surface area contributed by atoms with Crippen LogP contribution in [0.2, 0.25) is 0 Å². The van der Waals surface area contributed by atoms with Crippen LogP contribution in [0.4, 0.5) is 34.1 Å². The van der Waals surface area contributed by atoms with E-state index in [1.165, 1.54) is 54.0 Å². The van der Waals surface area contributed by atoms with E-state index in [2.05, 4.69) is 226 Å². The Hall–Kier alpha value is -5.47. The van der Waals surface area contributed by atoms with E-state index < -0.39 is 0 Å². The topological polar surface area (TPSA) is 6.48 Å². The van der Waals surface area contributed by atoms with Crippen LogP contribution < -0.4 is 31.2 Å². The summed E-state index contributed by atoms with van der Waals surface area (Å²) in [7, 11) is 4.32. The van der Waals surface area contributed by atoms with Crippen molar-refractivity contribution in [3.63, 3.8) is 0 Å². The Bertz CT molecular complexity index is 2460. The number of rotatable bonds is 10. The lowest BCUT2D eigenvalue weighted by Gasteiger charge is -2.28. The van der Waals surface area contributed by atoms with Gasteiger partial charge in [0, 0.05) is 34.1 Å². The number of fused-ring (bicyclic) bond motifs is 3. The van der Waals surface area contributed by atoms with Gasteiger partial charge in [-0.3, -0.25) is 0 Å². The summed E-state index contributed by atoms with van der Waals surface area (Å²) in [6, 6.07) is 50.4. The summed E-state index contributed by atoms with van der Waals surface area (Å²) >= 11 is 0. The number of hydrogen-bond donors (Lipinski definition) is 0. The van der Waals surface area contributed by atoms with E-state index in [1.54, 1.807) is 0 Å². The second kappa shape index (κ2) is 16.8. The zero-order chi connectivity index (χ0) is 41.2. The van der Waals surface area contributed by atoms with Gasteiger partial charge in [0.05, 0.1) is 0 Å². The molecular weight excluding hydrogens is 698 g/mol. The first-order chi connectivity index (χ1) is 27.8. The van der Waals surface area contributed by atoms with Crippen molar-refractivity contribution in [2.45, 2.75) is 91.9 Å². The monoisotopic (exact) mass is 758 g/mol. The SMILES string of the molecule is Bc1ccc(N(c2ccc(C(C)(C)C)cc2)c2ccc3c(c2)c(=C/CCC)/c(=C\CCC)c2cc(N(c4ccc(B)cc4)c4ccc(C(C)(C)C)cc4)ccc23)cc1. The van der Waals surface area contributed by atoms with Crippen molar-refractivity contribution in [3.8, 4) is 0 Å². The van der Waals surface area contributed by atoms with E-state index in [4.69, 9.17) is 0 Å². The summed E-state index contributed by atoms with van der Waals surface area (Å²) in [4.78, 5) is 4.84. The molecule has 0 heterocycles. The molecule has 0 fully saturated rings. The van der Waals surface area contributed by atoms with Crippen molar-refractivity contribution in [1.29, 1.82) is 0 Å².